The summed E-state index contributed by atoms with van der Waals surface area (Å²) in [7, 11) is 0. The molecule has 1 aromatic carbocycles. The van der Waals surface area contributed by atoms with E-state index in [2.05, 4.69) is 10.3 Å². The van der Waals surface area contributed by atoms with E-state index in [0.29, 0.717) is 11.4 Å². The normalized spacial score (nSPS) is 10.6. The lowest BCUT2D eigenvalue weighted by Crippen LogP contribution is -2.20. The summed E-state index contributed by atoms with van der Waals surface area (Å²) in [5.74, 6) is -1.66. The number of aromatic nitrogens is 2. The van der Waals surface area contributed by atoms with Crippen molar-refractivity contribution in [2.45, 2.75) is 6.92 Å². The van der Waals surface area contributed by atoms with E-state index in [1.165, 1.54) is 18.2 Å². The van der Waals surface area contributed by atoms with Crippen molar-refractivity contribution in [3.8, 4) is 11.5 Å². The highest BCUT2D eigenvalue weighted by molar-refractivity contribution is 5.96. The molecule has 1 amide bonds. The number of carboxylic acids is 1. The van der Waals surface area contributed by atoms with Crippen molar-refractivity contribution in [3.63, 3.8) is 0 Å². The van der Waals surface area contributed by atoms with Crippen molar-refractivity contribution in [1.29, 1.82) is 0 Å². The molecule has 0 spiro atoms. The maximum atomic E-state index is 12.0. The first-order valence-electron chi connectivity index (χ1n) is 7.37. The van der Waals surface area contributed by atoms with Crippen molar-refractivity contribution in [2.75, 3.05) is 11.9 Å². The zero-order chi connectivity index (χ0) is 18.0. The summed E-state index contributed by atoms with van der Waals surface area (Å²) >= 11 is 0. The molecule has 25 heavy (non-hydrogen) atoms. The number of amides is 1. The average Bonchev–Trinajstić information content (AvgIpc) is 2.95. The van der Waals surface area contributed by atoms with Gasteiger partial charge in [-0.15, -0.1) is 0 Å². The first-order chi connectivity index (χ1) is 11.9. The molecule has 0 saturated carbocycles. The Morgan fingerprint density at radius 1 is 1.32 bits per heavy atom. The summed E-state index contributed by atoms with van der Waals surface area (Å²) in [6, 6.07) is 7.26. The molecule has 3 aromatic rings. The Bertz CT molecular complexity index is 964. The van der Waals surface area contributed by atoms with Crippen LogP contribution in [0.3, 0.4) is 0 Å². The minimum absolute atomic E-state index is 0.249. The van der Waals surface area contributed by atoms with Crippen molar-refractivity contribution in [3.05, 3.63) is 54.0 Å². The number of aromatic hydroxyl groups is 1. The Morgan fingerprint density at radius 3 is 2.88 bits per heavy atom. The fraction of sp³-hybridized carbons (Fsp3) is 0.118. The number of hydrogen-bond donors (Lipinski definition) is 3. The largest absolute Gasteiger partial charge is 0.507 e. The molecule has 0 saturated heterocycles. The molecule has 0 aliphatic rings. The van der Waals surface area contributed by atoms with Gasteiger partial charge >= 0.3 is 5.97 Å². The van der Waals surface area contributed by atoms with Crippen LogP contribution < -0.4 is 10.1 Å². The number of carbonyl (C=O) groups is 2. The highest BCUT2D eigenvalue weighted by Crippen LogP contribution is 2.22. The van der Waals surface area contributed by atoms with Gasteiger partial charge in [0.2, 0.25) is 0 Å². The molecule has 3 N–H and O–H groups in total. The summed E-state index contributed by atoms with van der Waals surface area (Å²) < 4.78 is 7.30. The van der Waals surface area contributed by atoms with Crippen LogP contribution in [0.1, 0.15) is 16.1 Å². The van der Waals surface area contributed by atoms with E-state index in [4.69, 9.17) is 9.84 Å². The lowest BCUT2D eigenvalue weighted by Gasteiger charge is -2.09. The van der Waals surface area contributed by atoms with Crippen LogP contribution >= 0.6 is 0 Å². The zero-order valence-electron chi connectivity index (χ0n) is 13.3. The number of hydrogen-bond acceptors (Lipinski definition) is 5. The number of nitrogens with zero attached hydrogens (tertiary/aromatic N) is 2. The van der Waals surface area contributed by atoms with Gasteiger partial charge in [0.15, 0.2) is 18.0 Å². The Kier molecular flexibility index (Phi) is 4.25. The third kappa shape index (κ3) is 3.52. The van der Waals surface area contributed by atoms with Crippen LogP contribution in [0.15, 0.2) is 42.7 Å². The van der Waals surface area contributed by atoms with Crippen LogP contribution in [-0.2, 0) is 4.79 Å². The predicted molar refractivity (Wildman–Crippen MR) is 89.1 cm³/mol. The molecule has 0 bridgehead atoms. The SMILES string of the molecule is Cc1cn2cccc(OCC(=O)Nc3ccc(O)c(C(=O)O)c3)c2n1. The first-order valence-corrected chi connectivity index (χ1v) is 7.37. The van der Waals surface area contributed by atoms with Gasteiger partial charge in [0, 0.05) is 18.1 Å². The van der Waals surface area contributed by atoms with Crippen LogP contribution in [-0.4, -0.2) is 38.1 Å². The number of ether oxygens (including phenoxy) is 1. The third-order valence-corrected chi connectivity index (χ3v) is 3.44. The van der Waals surface area contributed by atoms with Crippen LogP contribution in [0.25, 0.3) is 5.65 Å². The first kappa shape index (κ1) is 16.3. The number of aromatic carboxylic acids is 1. The van der Waals surface area contributed by atoms with E-state index in [1.54, 1.807) is 16.5 Å². The van der Waals surface area contributed by atoms with Crippen LogP contribution in [0.2, 0.25) is 0 Å². The maximum absolute atomic E-state index is 12.0. The number of pyridine rings is 1. The Labute approximate surface area is 142 Å². The number of anilines is 1. The summed E-state index contributed by atoms with van der Waals surface area (Å²) in [5.41, 5.74) is 1.38. The maximum Gasteiger partial charge on any atom is 0.339 e. The fourth-order valence-electron chi connectivity index (χ4n) is 2.35. The topological polar surface area (TPSA) is 113 Å². The molecule has 3 rings (SSSR count). The lowest BCUT2D eigenvalue weighted by atomic mass is 10.2. The average molecular weight is 341 g/mol. The van der Waals surface area contributed by atoms with Gasteiger partial charge in [-0.1, -0.05) is 0 Å². The number of aryl methyl sites for hydroxylation is 1. The Morgan fingerprint density at radius 2 is 2.12 bits per heavy atom. The van der Waals surface area contributed by atoms with Gasteiger partial charge in [0.05, 0.1) is 5.69 Å². The van der Waals surface area contributed by atoms with Crippen molar-refractivity contribution in [1.82, 2.24) is 9.38 Å². The van der Waals surface area contributed by atoms with Gasteiger partial charge in [0.1, 0.15) is 11.3 Å². The molecule has 0 fully saturated rings. The molecule has 0 aliphatic carbocycles. The van der Waals surface area contributed by atoms with E-state index in [-0.39, 0.29) is 23.6 Å². The summed E-state index contributed by atoms with van der Waals surface area (Å²) in [6.07, 6.45) is 3.66. The van der Waals surface area contributed by atoms with Gasteiger partial charge < -0.3 is 24.7 Å². The van der Waals surface area contributed by atoms with Gasteiger partial charge in [-0.2, -0.15) is 0 Å². The van der Waals surface area contributed by atoms with E-state index in [9.17, 15) is 14.7 Å². The molecule has 0 atom stereocenters. The van der Waals surface area contributed by atoms with Crippen LogP contribution in [0.4, 0.5) is 5.69 Å². The number of carbonyl (C=O) groups excluding carboxylic acids is 1. The second-order valence-corrected chi connectivity index (χ2v) is 5.36. The smallest absolute Gasteiger partial charge is 0.339 e. The number of benzene rings is 1. The summed E-state index contributed by atoms with van der Waals surface area (Å²) in [4.78, 5) is 27.3. The van der Waals surface area contributed by atoms with E-state index in [0.717, 1.165) is 5.69 Å². The molecule has 8 heteroatoms. The molecule has 0 aliphatic heterocycles. The lowest BCUT2D eigenvalue weighted by molar-refractivity contribution is -0.118. The number of rotatable bonds is 5. The highest BCUT2D eigenvalue weighted by atomic mass is 16.5. The van der Waals surface area contributed by atoms with E-state index >= 15 is 0 Å². The number of phenols is 1. The minimum atomic E-state index is -1.29. The van der Waals surface area contributed by atoms with Crippen molar-refractivity contribution < 1.29 is 24.5 Å². The quantitative estimate of drug-likeness (QED) is 0.612. The van der Waals surface area contributed by atoms with Crippen molar-refractivity contribution >= 4 is 23.2 Å². The molecule has 8 nitrogen and oxygen atoms in total. The van der Waals surface area contributed by atoms with Crippen LogP contribution in [0, 0.1) is 6.92 Å². The number of fused-ring (bicyclic) bond motifs is 1. The van der Waals surface area contributed by atoms with E-state index in [1.807, 2.05) is 19.3 Å². The molecule has 0 unspecified atom stereocenters. The van der Waals surface area contributed by atoms with Crippen LogP contribution in [0.5, 0.6) is 11.5 Å². The summed E-state index contributed by atoms with van der Waals surface area (Å²) in [5, 5.41) is 21.0. The third-order valence-electron chi connectivity index (χ3n) is 3.44. The number of imidazole rings is 1. The number of carboxylic acid groups (broad SMARTS) is 1. The second-order valence-electron chi connectivity index (χ2n) is 5.36. The molecule has 128 valence electrons. The van der Waals surface area contributed by atoms with Gasteiger partial charge in [0.25, 0.3) is 5.91 Å². The molecule has 2 aromatic heterocycles. The molecule has 2 heterocycles. The Balaban J connectivity index is 1.69. The van der Waals surface area contributed by atoms with Gasteiger partial charge in [-0.05, 0) is 37.3 Å². The number of nitrogens with one attached hydrogen (secondary N) is 1. The Hall–Kier alpha value is -3.55. The van der Waals surface area contributed by atoms with E-state index < -0.39 is 11.9 Å². The summed E-state index contributed by atoms with van der Waals surface area (Å²) in [6.45, 7) is 1.59. The van der Waals surface area contributed by atoms with Crippen molar-refractivity contribution in [2.24, 2.45) is 0 Å². The zero-order valence-corrected chi connectivity index (χ0v) is 13.3. The van der Waals surface area contributed by atoms with Gasteiger partial charge in [-0.25, -0.2) is 9.78 Å². The van der Waals surface area contributed by atoms with Gasteiger partial charge in [-0.3, -0.25) is 4.79 Å². The predicted octanol–water partition coefficient (Wildman–Crippen LogP) is 2.06. The minimum Gasteiger partial charge on any atom is -0.507 e. The standard InChI is InChI=1S/C17H15N3O5/c1-10-8-20-6-2-3-14(16(20)18-10)25-9-15(22)19-11-4-5-13(21)12(7-11)17(23)24/h2-8,21H,9H2,1H3,(H,19,22)(H,23,24). The molecule has 0 radical (unpaired) electrons. The molecular formula is C17H15N3O5. The highest BCUT2D eigenvalue weighted by Gasteiger charge is 2.12. The molecular weight excluding hydrogens is 326 g/mol. The fourth-order valence-corrected chi connectivity index (χ4v) is 2.35. The second kappa shape index (κ2) is 6.52. The monoisotopic (exact) mass is 341 g/mol.